The average molecular weight is 269 g/mol. The Bertz CT molecular complexity index is 388. The second kappa shape index (κ2) is 6.70. The van der Waals surface area contributed by atoms with Gasteiger partial charge in [0.25, 0.3) is 0 Å². The van der Waals surface area contributed by atoms with Crippen molar-refractivity contribution >= 4 is 17.4 Å². The number of carbonyl (C=O) groups excluding carboxylic acids is 1. The Balaban J connectivity index is 1.57. The van der Waals surface area contributed by atoms with Gasteiger partial charge in [-0.15, -0.1) is 11.3 Å². The average Bonchev–Trinajstić information content (AvgIpc) is 2.98. The molecule has 0 spiro atoms. The molecule has 0 bridgehead atoms. The predicted octanol–water partition coefficient (Wildman–Crippen LogP) is 1.47. The van der Waals surface area contributed by atoms with Gasteiger partial charge in [0.1, 0.15) is 0 Å². The van der Waals surface area contributed by atoms with Crippen LogP contribution in [-0.4, -0.2) is 36.8 Å². The van der Waals surface area contributed by atoms with Gasteiger partial charge in [0.05, 0.1) is 16.8 Å². The van der Waals surface area contributed by atoms with E-state index in [-0.39, 0.29) is 12.1 Å². The van der Waals surface area contributed by atoms with Gasteiger partial charge in [-0.3, -0.25) is 0 Å². The van der Waals surface area contributed by atoms with Crippen LogP contribution in [0.25, 0.3) is 0 Å². The molecule has 0 aliphatic carbocycles. The highest BCUT2D eigenvalue weighted by atomic mass is 32.1. The van der Waals surface area contributed by atoms with Gasteiger partial charge in [0, 0.05) is 31.5 Å². The van der Waals surface area contributed by atoms with Crippen molar-refractivity contribution in [2.24, 2.45) is 0 Å². The van der Waals surface area contributed by atoms with Crippen molar-refractivity contribution in [3.63, 3.8) is 0 Å². The molecule has 1 aromatic rings. The summed E-state index contributed by atoms with van der Waals surface area (Å²) in [6.07, 6.45) is 3.10. The number of aromatic nitrogens is 1. The van der Waals surface area contributed by atoms with Crippen LogP contribution in [-0.2, 0) is 11.2 Å². The topological polar surface area (TPSA) is 63.2 Å². The van der Waals surface area contributed by atoms with Gasteiger partial charge < -0.3 is 15.4 Å². The van der Waals surface area contributed by atoms with Crippen molar-refractivity contribution in [2.75, 3.05) is 19.7 Å². The molecule has 1 saturated heterocycles. The molecule has 1 atom stereocenters. The van der Waals surface area contributed by atoms with Crippen molar-refractivity contribution in [1.29, 1.82) is 0 Å². The van der Waals surface area contributed by atoms with Gasteiger partial charge in [-0.2, -0.15) is 0 Å². The normalized spacial score (nSPS) is 18.8. The van der Waals surface area contributed by atoms with E-state index in [9.17, 15) is 4.79 Å². The summed E-state index contributed by atoms with van der Waals surface area (Å²) in [5.74, 6) is 0. The molecule has 6 heteroatoms. The lowest BCUT2D eigenvalue weighted by atomic mass is 10.2. The molecule has 100 valence electrons. The van der Waals surface area contributed by atoms with E-state index in [0.29, 0.717) is 13.1 Å². The molecule has 1 fully saturated rings. The van der Waals surface area contributed by atoms with Crippen molar-refractivity contribution in [3.8, 4) is 0 Å². The minimum atomic E-state index is -0.127. The number of aryl methyl sites for hydroxylation is 1. The lowest BCUT2D eigenvalue weighted by Gasteiger charge is -2.11. The molecular weight excluding hydrogens is 250 g/mol. The number of ether oxygens (including phenoxy) is 1. The Labute approximate surface area is 111 Å². The van der Waals surface area contributed by atoms with Crippen LogP contribution in [0.2, 0.25) is 0 Å². The number of nitrogens with one attached hydrogen (secondary N) is 2. The van der Waals surface area contributed by atoms with E-state index < -0.39 is 0 Å². The molecule has 5 nitrogen and oxygen atoms in total. The first-order chi connectivity index (χ1) is 8.74. The molecule has 1 aliphatic heterocycles. The van der Waals surface area contributed by atoms with Crippen LogP contribution in [0.15, 0.2) is 5.38 Å². The van der Waals surface area contributed by atoms with Crippen LogP contribution in [0, 0.1) is 6.92 Å². The van der Waals surface area contributed by atoms with Crippen LogP contribution in [0.3, 0.4) is 0 Å². The van der Waals surface area contributed by atoms with Crippen molar-refractivity contribution < 1.29 is 9.53 Å². The number of amides is 2. The van der Waals surface area contributed by atoms with Crippen LogP contribution in [0.1, 0.15) is 23.5 Å². The van der Waals surface area contributed by atoms with E-state index in [1.165, 1.54) is 0 Å². The van der Waals surface area contributed by atoms with E-state index >= 15 is 0 Å². The minimum Gasteiger partial charge on any atom is -0.376 e. The number of carbonyl (C=O) groups is 1. The number of nitrogens with zero attached hydrogens (tertiary/aromatic N) is 1. The molecule has 0 unspecified atom stereocenters. The molecule has 2 N–H and O–H groups in total. The monoisotopic (exact) mass is 269 g/mol. The summed E-state index contributed by atoms with van der Waals surface area (Å²) in [4.78, 5) is 15.8. The van der Waals surface area contributed by atoms with Gasteiger partial charge >= 0.3 is 6.03 Å². The molecular formula is C12H19N3O2S. The molecule has 2 rings (SSSR count). The van der Waals surface area contributed by atoms with Gasteiger partial charge in [-0.05, 0) is 19.8 Å². The largest absolute Gasteiger partial charge is 0.376 e. The molecule has 1 aliphatic rings. The molecule has 2 heterocycles. The first-order valence-electron chi connectivity index (χ1n) is 6.28. The second-order valence-corrected chi connectivity index (χ2v) is 5.44. The molecule has 1 aromatic heterocycles. The number of hydrogen-bond donors (Lipinski definition) is 2. The molecule has 18 heavy (non-hydrogen) atoms. The Morgan fingerprint density at radius 3 is 3.17 bits per heavy atom. The van der Waals surface area contributed by atoms with E-state index in [4.69, 9.17) is 4.74 Å². The van der Waals surface area contributed by atoms with Crippen LogP contribution in [0.5, 0.6) is 0 Å². The number of rotatable bonds is 5. The lowest BCUT2D eigenvalue weighted by molar-refractivity contribution is 0.111. The number of hydrogen-bond acceptors (Lipinski definition) is 4. The Morgan fingerprint density at radius 1 is 1.61 bits per heavy atom. The van der Waals surface area contributed by atoms with Gasteiger partial charge in [-0.1, -0.05) is 0 Å². The highest BCUT2D eigenvalue weighted by Gasteiger charge is 2.15. The zero-order valence-corrected chi connectivity index (χ0v) is 11.4. The molecule has 0 saturated carbocycles. The zero-order valence-electron chi connectivity index (χ0n) is 10.6. The summed E-state index contributed by atoms with van der Waals surface area (Å²) in [5.41, 5.74) is 1.04. The zero-order chi connectivity index (χ0) is 12.8. The van der Waals surface area contributed by atoms with Crippen LogP contribution in [0.4, 0.5) is 4.79 Å². The summed E-state index contributed by atoms with van der Waals surface area (Å²) < 4.78 is 5.43. The van der Waals surface area contributed by atoms with E-state index in [1.807, 2.05) is 12.3 Å². The number of thiazole rings is 1. The summed E-state index contributed by atoms with van der Waals surface area (Å²) in [6.45, 7) is 4.01. The van der Waals surface area contributed by atoms with Gasteiger partial charge in [-0.25, -0.2) is 9.78 Å². The first-order valence-corrected chi connectivity index (χ1v) is 7.16. The van der Waals surface area contributed by atoms with Gasteiger partial charge in [0.15, 0.2) is 0 Å². The number of urea groups is 1. The van der Waals surface area contributed by atoms with E-state index in [2.05, 4.69) is 15.6 Å². The smallest absolute Gasteiger partial charge is 0.314 e. The maximum absolute atomic E-state index is 11.5. The minimum absolute atomic E-state index is 0.127. The fraction of sp³-hybridized carbons (Fsp3) is 0.667. The summed E-state index contributed by atoms with van der Waals surface area (Å²) in [5, 5.41) is 8.74. The third-order valence-corrected chi connectivity index (χ3v) is 3.67. The fourth-order valence-electron chi connectivity index (χ4n) is 1.90. The van der Waals surface area contributed by atoms with E-state index in [0.717, 1.165) is 36.6 Å². The molecule has 0 aromatic carbocycles. The third kappa shape index (κ3) is 4.27. The highest BCUT2D eigenvalue weighted by Crippen LogP contribution is 2.10. The Kier molecular flexibility index (Phi) is 4.95. The van der Waals surface area contributed by atoms with Gasteiger partial charge in [0.2, 0.25) is 0 Å². The standard InChI is InChI=1S/C12H19N3O2S/c1-9-15-10(8-18-9)4-5-13-12(16)14-7-11-3-2-6-17-11/h8,11H,2-7H2,1H3,(H2,13,14,16)/t11-/m0/s1. The Hall–Kier alpha value is -1.14. The molecule has 0 radical (unpaired) electrons. The van der Waals surface area contributed by atoms with Crippen LogP contribution < -0.4 is 10.6 Å². The summed E-state index contributed by atoms with van der Waals surface area (Å²) >= 11 is 1.63. The quantitative estimate of drug-likeness (QED) is 0.851. The van der Waals surface area contributed by atoms with Crippen LogP contribution >= 0.6 is 11.3 Å². The predicted molar refractivity (Wildman–Crippen MR) is 70.9 cm³/mol. The van der Waals surface area contributed by atoms with Crippen molar-refractivity contribution in [3.05, 3.63) is 16.1 Å². The van der Waals surface area contributed by atoms with Crippen molar-refractivity contribution in [2.45, 2.75) is 32.3 Å². The van der Waals surface area contributed by atoms with Crippen molar-refractivity contribution in [1.82, 2.24) is 15.6 Å². The maximum Gasteiger partial charge on any atom is 0.314 e. The maximum atomic E-state index is 11.5. The lowest BCUT2D eigenvalue weighted by Crippen LogP contribution is -2.40. The molecule has 2 amide bonds. The SMILES string of the molecule is Cc1nc(CCNC(=O)NC[C@@H]2CCCO2)cs1. The second-order valence-electron chi connectivity index (χ2n) is 4.38. The summed E-state index contributed by atoms with van der Waals surface area (Å²) in [6, 6.07) is -0.127. The summed E-state index contributed by atoms with van der Waals surface area (Å²) in [7, 11) is 0. The van der Waals surface area contributed by atoms with E-state index in [1.54, 1.807) is 11.3 Å². The first kappa shape index (κ1) is 13.3. The third-order valence-electron chi connectivity index (χ3n) is 2.85. The fourth-order valence-corrected chi connectivity index (χ4v) is 2.55. The highest BCUT2D eigenvalue weighted by molar-refractivity contribution is 7.09. The Morgan fingerprint density at radius 2 is 2.50 bits per heavy atom.